The van der Waals surface area contributed by atoms with Gasteiger partial charge in [-0.3, -0.25) is 19.8 Å². The van der Waals surface area contributed by atoms with E-state index in [1.807, 2.05) is 6.07 Å². The molecule has 0 aliphatic carbocycles. The van der Waals surface area contributed by atoms with E-state index in [1.54, 1.807) is 12.1 Å². The van der Waals surface area contributed by atoms with Crippen molar-refractivity contribution in [2.45, 2.75) is 26.2 Å². The smallest absolute Gasteiger partial charge is 0.267 e. The number of hydrogen-bond acceptors (Lipinski definition) is 2. The zero-order valence-electron chi connectivity index (χ0n) is 9.55. The molecule has 0 aliphatic rings. The molecule has 16 heavy (non-hydrogen) atoms. The Labute approximate surface area is 92.3 Å². The van der Waals surface area contributed by atoms with Gasteiger partial charge in [0, 0.05) is 0 Å². The average molecular weight is 218 g/mol. The highest BCUT2D eigenvalue weighted by molar-refractivity contribution is 5.81. The summed E-state index contributed by atoms with van der Waals surface area (Å²) in [6, 6.07) is 5.37. The Balaban J connectivity index is 2.87. The largest absolute Gasteiger partial charge is 0.270 e. The molecule has 0 atom stereocenters. The maximum Gasteiger partial charge on any atom is 0.270 e. The Morgan fingerprint density at radius 1 is 0.938 bits per heavy atom. The second-order valence-electron chi connectivity index (χ2n) is 4.92. The summed E-state index contributed by atoms with van der Waals surface area (Å²) in [5, 5.41) is 5.50. The lowest BCUT2D eigenvalue weighted by Crippen LogP contribution is -2.20. The number of aromatic nitrogens is 2. The third-order valence-electron chi connectivity index (χ3n) is 2.66. The van der Waals surface area contributed by atoms with Crippen LogP contribution in [0.2, 0.25) is 0 Å². The average Bonchev–Trinajstić information content (AvgIpc) is 2.22. The first-order valence-corrected chi connectivity index (χ1v) is 5.15. The maximum absolute atomic E-state index is 11.6. The fraction of sp³-hybridized carbons (Fsp3) is 0.333. The molecule has 1 aromatic heterocycles. The highest BCUT2D eigenvalue weighted by Gasteiger charge is 2.15. The van der Waals surface area contributed by atoms with E-state index in [2.05, 4.69) is 31.0 Å². The van der Waals surface area contributed by atoms with Gasteiger partial charge in [-0.25, -0.2) is 0 Å². The summed E-state index contributed by atoms with van der Waals surface area (Å²) in [6.45, 7) is 6.20. The molecule has 84 valence electrons. The van der Waals surface area contributed by atoms with Crippen molar-refractivity contribution in [3.63, 3.8) is 0 Å². The van der Waals surface area contributed by atoms with E-state index in [4.69, 9.17) is 0 Å². The van der Waals surface area contributed by atoms with Crippen LogP contribution in [-0.2, 0) is 5.41 Å². The molecule has 2 N–H and O–H groups in total. The van der Waals surface area contributed by atoms with E-state index in [1.165, 1.54) is 0 Å². The van der Waals surface area contributed by atoms with Gasteiger partial charge in [0.05, 0.1) is 10.8 Å². The Morgan fingerprint density at radius 2 is 1.50 bits per heavy atom. The van der Waals surface area contributed by atoms with Crippen molar-refractivity contribution < 1.29 is 0 Å². The van der Waals surface area contributed by atoms with Gasteiger partial charge in [-0.05, 0) is 23.1 Å². The van der Waals surface area contributed by atoms with Crippen molar-refractivity contribution in [2.75, 3.05) is 0 Å². The number of nitrogens with one attached hydrogen (secondary N) is 2. The van der Waals surface area contributed by atoms with E-state index >= 15 is 0 Å². The van der Waals surface area contributed by atoms with Crippen LogP contribution in [-0.4, -0.2) is 10.2 Å². The van der Waals surface area contributed by atoms with E-state index in [0.29, 0.717) is 10.8 Å². The summed E-state index contributed by atoms with van der Waals surface area (Å²) in [4.78, 5) is 23.1. The molecule has 0 spiro atoms. The second kappa shape index (κ2) is 3.33. The lowest BCUT2D eigenvalue weighted by atomic mass is 9.86. The normalized spacial score (nSPS) is 11.9. The Morgan fingerprint density at radius 3 is 2.06 bits per heavy atom. The number of fused-ring (bicyclic) bond motifs is 1. The molecule has 0 amide bonds. The fourth-order valence-corrected chi connectivity index (χ4v) is 1.64. The quantitative estimate of drug-likeness (QED) is 0.704. The lowest BCUT2D eigenvalue weighted by molar-refractivity contribution is 0.591. The van der Waals surface area contributed by atoms with Crippen molar-refractivity contribution in [2.24, 2.45) is 0 Å². The molecule has 2 aromatic rings. The Kier molecular flexibility index (Phi) is 2.22. The summed E-state index contributed by atoms with van der Waals surface area (Å²) in [5.41, 5.74) is 0.468. The third-order valence-corrected chi connectivity index (χ3v) is 2.66. The molecule has 1 heterocycles. The molecule has 2 rings (SSSR count). The summed E-state index contributed by atoms with van der Waals surface area (Å²) in [6.07, 6.45) is 0. The Bertz CT molecular complexity index is 644. The molecule has 4 nitrogen and oxygen atoms in total. The minimum atomic E-state index is -0.268. The third kappa shape index (κ3) is 1.66. The van der Waals surface area contributed by atoms with Gasteiger partial charge in [0.25, 0.3) is 11.1 Å². The molecular weight excluding hydrogens is 204 g/mol. The minimum Gasteiger partial charge on any atom is -0.267 e. The molecule has 0 unspecified atom stereocenters. The summed E-state index contributed by atoms with van der Waals surface area (Å²) in [7, 11) is 0. The number of rotatable bonds is 0. The first kappa shape index (κ1) is 10.7. The van der Waals surface area contributed by atoms with Gasteiger partial charge in [-0.15, -0.1) is 0 Å². The Hall–Kier alpha value is -1.84. The highest BCUT2D eigenvalue weighted by Crippen LogP contribution is 2.23. The van der Waals surface area contributed by atoms with E-state index in [0.717, 1.165) is 5.56 Å². The molecule has 0 radical (unpaired) electrons. The lowest BCUT2D eigenvalue weighted by Gasteiger charge is -2.18. The van der Waals surface area contributed by atoms with E-state index in [-0.39, 0.29) is 16.5 Å². The van der Waals surface area contributed by atoms with Crippen molar-refractivity contribution >= 4 is 10.8 Å². The fourth-order valence-electron chi connectivity index (χ4n) is 1.64. The molecular formula is C12H14N2O2. The van der Waals surface area contributed by atoms with Crippen LogP contribution in [0.1, 0.15) is 26.3 Å². The van der Waals surface area contributed by atoms with Crippen molar-refractivity contribution in [1.29, 1.82) is 0 Å². The molecule has 0 aliphatic heterocycles. The summed E-state index contributed by atoms with van der Waals surface area (Å²) >= 11 is 0. The van der Waals surface area contributed by atoms with Gasteiger partial charge in [0.1, 0.15) is 0 Å². The van der Waals surface area contributed by atoms with E-state index in [9.17, 15) is 9.59 Å². The predicted molar refractivity (Wildman–Crippen MR) is 63.9 cm³/mol. The monoisotopic (exact) mass is 218 g/mol. The van der Waals surface area contributed by atoms with E-state index < -0.39 is 0 Å². The standard InChI is InChI=1S/C12H14N2O2/c1-12(2,3)7-4-5-8-9(6-7)11(16)14-13-10(8)15/h4-6H,1-3H3,(H,13,15)(H,14,16). The predicted octanol–water partition coefficient (Wildman–Crippen LogP) is 1.51. The van der Waals surface area contributed by atoms with Crippen LogP contribution >= 0.6 is 0 Å². The van der Waals surface area contributed by atoms with Crippen LogP contribution in [0.15, 0.2) is 27.8 Å². The van der Waals surface area contributed by atoms with Crippen LogP contribution in [0.3, 0.4) is 0 Å². The summed E-state index contributed by atoms with van der Waals surface area (Å²) in [5.74, 6) is 0. The first-order chi connectivity index (χ1) is 7.39. The van der Waals surface area contributed by atoms with Gasteiger partial charge in [-0.1, -0.05) is 26.8 Å². The highest BCUT2D eigenvalue weighted by atomic mass is 16.1. The minimum absolute atomic E-state index is 0.0385. The van der Waals surface area contributed by atoms with Crippen molar-refractivity contribution in [3.8, 4) is 0 Å². The van der Waals surface area contributed by atoms with Crippen LogP contribution in [0.4, 0.5) is 0 Å². The molecule has 0 saturated heterocycles. The number of hydrogen-bond donors (Lipinski definition) is 2. The van der Waals surface area contributed by atoms with Crippen LogP contribution in [0, 0.1) is 0 Å². The van der Waals surface area contributed by atoms with Crippen LogP contribution in [0.5, 0.6) is 0 Å². The SMILES string of the molecule is CC(C)(C)c1ccc2c(=O)[nH][nH]c(=O)c2c1. The molecule has 1 aromatic carbocycles. The van der Waals surface area contributed by atoms with Gasteiger partial charge >= 0.3 is 0 Å². The first-order valence-electron chi connectivity index (χ1n) is 5.15. The molecule has 0 fully saturated rings. The van der Waals surface area contributed by atoms with Gasteiger partial charge < -0.3 is 0 Å². The number of aromatic amines is 2. The van der Waals surface area contributed by atoms with Gasteiger partial charge in [0.2, 0.25) is 0 Å². The zero-order chi connectivity index (χ0) is 11.9. The number of benzene rings is 1. The molecule has 0 saturated carbocycles. The topological polar surface area (TPSA) is 65.7 Å². The van der Waals surface area contributed by atoms with Crippen LogP contribution in [0.25, 0.3) is 10.8 Å². The summed E-state index contributed by atoms with van der Waals surface area (Å²) < 4.78 is 0. The van der Waals surface area contributed by atoms with Gasteiger partial charge in [0.15, 0.2) is 0 Å². The number of H-pyrrole nitrogens is 2. The van der Waals surface area contributed by atoms with Crippen molar-refractivity contribution in [3.05, 3.63) is 44.5 Å². The zero-order valence-corrected chi connectivity index (χ0v) is 9.55. The molecule has 4 heteroatoms. The molecule has 0 bridgehead atoms. The van der Waals surface area contributed by atoms with Gasteiger partial charge in [-0.2, -0.15) is 0 Å². The van der Waals surface area contributed by atoms with Crippen molar-refractivity contribution in [1.82, 2.24) is 10.2 Å². The van der Waals surface area contributed by atoms with Crippen LogP contribution < -0.4 is 11.1 Å². The maximum atomic E-state index is 11.6. The second-order valence-corrected chi connectivity index (χ2v) is 4.92.